The van der Waals surface area contributed by atoms with Gasteiger partial charge < -0.3 is 10.1 Å². The Labute approximate surface area is 124 Å². The Morgan fingerprint density at radius 1 is 1.30 bits per heavy atom. The smallest absolute Gasteiger partial charge is 0.154 e. The minimum atomic E-state index is -2.93. The van der Waals surface area contributed by atoms with E-state index >= 15 is 0 Å². The zero-order valence-corrected chi connectivity index (χ0v) is 12.7. The molecule has 1 unspecified atom stereocenters. The molecule has 1 aliphatic heterocycles. The summed E-state index contributed by atoms with van der Waals surface area (Å²) in [4.78, 5) is 0. The Morgan fingerprint density at radius 2 is 2.10 bits per heavy atom. The number of hydrogen-bond acceptors (Lipinski definition) is 4. The maximum atomic E-state index is 11.5. The first-order chi connectivity index (χ1) is 9.53. The number of sulfone groups is 1. The molecule has 0 aromatic heterocycles. The van der Waals surface area contributed by atoms with Crippen molar-refractivity contribution in [1.82, 2.24) is 5.32 Å². The van der Waals surface area contributed by atoms with E-state index in [1.54, 1.807) is 0 Å². The summed E-state index contributed by atoms with van der Waals surface area (Å²) in [5.74, 6) is 1.02. The molecule has 6 heteroatoms. The molecular formula is C14H18ClNO3S. The van der Waals surface area contributed by atoms with Gasteiger partial charge in [0.1, 0.15) is 11.9 Å². The van der Waals surface area contributed by atoms with Gasteiger partial charge in [0.2, 0.25) is 0 Å². The predicted octanol–water partition coefficient (Wildman–Crippen LogP) is 2.16. The van der Waals surface area contributed by atoms with Gasteiger partial charge in [-0.15, -0.1) is 0 Å². The van der Waals surface area contributed by atoms with Gasteiger partial charge in [0.05, 0.1) is 11.5 Å². The third-order valence-corrected chi connectivity index (χ3v) is 5.80. The van der Waals surface area contributed by atoms with Gasteiger partial charge in [-0.05, 0) is 31.4 Å². The van der Waals surface area contributed by atoms with Crippen molar-refractivity contribution in [2.45, 2.75) is 38.0 Å². The van der Waals surface area contributed by atoms with Gasteiger partial charge in [0, 0.05) is 23.2 Å². The molecule has 2 fully saturated rings. The van der Waals surface area contributed by atoms with Crippen LogP contribution in [0.25, 0.3) is 0 Å². The van der Waals surface area contributed by atoms with E-state index in [1.165, 1.54) is 12.8 Å². The van der Waals surface area contributed by atoms with E-state index in [2.05, 4.69) is 5.32 Å². The average molecular weight is 316 g/mol. The molecule has 20 heavy (non-hydrogen) atoms. The molecule has 1 aliphatic carbocycles. The molecule has 110 valence electrons. The predicted molar refractivity (Wildman–Crippen MR) is 79.0 cm³/mol. The lowest BCUT2D eigenvalue weighted by atomic mass is 10.2. The summed E-state index contributed by atoms with van der Waals surface area (Å²) in [5, 5.41) is 4.08. The summed E-state index contributed by atoms with van der Waals surface area (Å²) in [5.41, 5.74) is 0.922. The lowest BCUT2D eigenvalue weighted by Gasteiger charge is -2.17. The third kappa shape index (κ3) is 3.45. The molecule has 1 N–H and O–H groups in total. The SMILES string of the molecule is O=S1(=O)CCC(Oc2cccc(Cl)c2CNC2CC2)C1. The monoisotopic (exact) mass is 315 g/mol. The highest BCUT2D eigenvalue weighted by molar-refractivity contribution is 7.91. The summed E-state index contributed by atoms with van der Waals surface area (Å²) in [6.07, 6.45) is 2.73. The van der Waals surface area contributed by atoms with Crippen LogP contribution >= 0.6 is 11.6 Å². The van der Waals surface area contributed by atoms with Gasteiger partial charge >= 0.3 is 0 Å². The van der Waals surface area contributed by atoms with Crippen molar-refractivity contribution < 1.29 is 13.2 Å². The second-order valence-corrected chi connectivity index (χ2v) is 8.15. The fraction of sp³-hybridized carbons (Fsp3) is 0.571. The van der Waals surface area contributed by atoms with Crippen LogP contribution in [-0.2, 0) is 16.4 Å². The minimum absolute atomic E-state index is 0.106. The molecule has 0 radical (unpaired) electrons. The summed E-state index contributed by atoms with van der Waals surface area (Å²) < 4.78 is 28.8. The molecule has 2 aliphatic rings. The number of rotatable bonds is 5. The largest absolute Gasteiger partial charge is 0.489 e. The zero-order valence-electron chi connectivity index (χ0n) is 11.1. The lowest BCUT2D eigenvalue weighted by molar-refractivity contribution is 0.226. The van der Waals surface area contributed by atoms with Gasteiger partial charge in [-0.2, -0.15) is 0 Å². The topological polar surface area (TPSA) is 55.4 Å². The van der Waals surface area contributed by atoms with Crippen LogP contribution in [0.4, 0.5) is 0 Å². The molecule has 1 atom stereocenters. The summed E-state index contributed by atoms with van der Waals surface area (Å²) >= 11 is 6.24. The summed E-state index contributed by atoms with van der Waals surface area (Å²) in [6.45, 7) is 0.666. The molecule has 1 saturated heterocycles. The van der Waals surface area contributed by atoms with E-state index in [0.29, 0.717) is 29.8 Å². The molecule has 1 saturated carbocycles. The molecule has 0 bridgehead atoms. The third-order valence-electron chi connectivity index (χ3n) is 3.71. The summed E-state index contributed by atoms with van der Waals surface area (Å²) in [7, 11) is -2.93. The van der Waals surface area contributed by atoms with Crippen LogP contribution in [0.1, 0.15) is 24.8 Å². The van der Waals surface area contributed by atoms with Gasteiger partial charge in [0.15, 0.2) is 9.84 Å². The van der Waals surface area contributed by atoms with Crippen LogP contribution < -0.4 is 10.1 Å². The average Bonchev–Trinajstić information content (AvgIpc) is 3.13. The second kappa shape index (κ2) is 5.54. The number of benzene rings is 1. The van der Waals surface area contributed by atoms with Crippen molar-refractivity contribution in [2.75, 3.05) is 11.5 Å². The first-order valence-corrected chi connectivity index (χ1v) is 9.11. The number of hydrogen-bond donors (Lipinski definition) is 1. The van der Waals surface area contributed by atoms with Crippen LogP contribution in [0.2, 0.25) is 5.02 Å². The lowest BCUT2D eigenvalue weighted by Crippen LogP contribution is -2.21. The molecular weight excluding hydrogens is 298 g/mol. The van der Waals surface area contributed by atoms with E-state index < -0.39 is 9.84 Å². The maximum absolute atomic E-state index is 11.5. The second-order valence-electron chi connectivity index (χ2n) is 5.51. The minimum Gasteiger partial charge on any atom is -0.489 e. The zero-order chi connectivity index (χ0) is 14.2. The fourth-order valence-corrected chi connectivity index (χ4v) is 4.21. The Balaban J connectivity index is 1.72. The number of halogens is 1. The molecule has 4 nitrogen and oxygen atoms in total. The van der Waals surface area contributed by atoms with E-state index in [1.807, 2.05) is 18.2 Å². The molecule has 0 amide bonds. The van der Waals surface area contributed by atoms with Crippen molar-refractivity contribution in [2.24, 2.45) is 0 Å². The highest BCUT2D eigenvalue weighted by Crippen LogP contribution is 2.30. The van der Waals surface area contributed by atoms with Gasteiger partial charge in [-0.1, -0.05) is 17.7 Å². The molecule has 1 aromatic carbocycles. The Hall–Kier alpha value is -0.780. The van der Waals surface area contributed by atoms with Gasteiger partial charge in [-0.3, -0.25) is 0 Å². The number of nitrogens with one attached hydrogen (secondary N) is 1. The standard InChI is InChI=1S/C14H18ClNO3S/c15-13-2-1-3-14(12(13)8-16-10-4-5-10)19-11-6-7-20(17,18)9-11/h1-3,10-11,16H,4-9H2. The van der Waals surface area contributed by atoms with E-state index in [0.717, 1.165) is 5.56 Å². The van der Waals surface area contributed by atoms with E-state index in [-0.39, 0.29) is 17.6 Å². The van der Waals surface area contributed by atoms with Crippen LogP contribution in [0, 0.1) is 0 Å². The quantitative estimate of drug-likeness (QED) is 0.904. The normalized spacial score (nSPS) is 24.8. The van der Waals surface area contributed by atoms with Crippen molar-refractivity contribution in [3.8, 4) is 5.75 Å². The Kier molecular flexibility index (Phi) is 3.93. The molecule has 3 rings (SSSR count). The van der Waals surface area contributed by atoms with Gasteiger partial charge in [-0.25, -0.2) is 8.42 Å². The van der Waals surface area contributed by atoms with Crippen molar-refractivity contribution in [1.29, 1.82) is 0 Å². The molecule has 1 heterocycles. The highest BCUT2D eigenvalue weighted by Gasteiger charge is 2.30. The van der Waals surface area contributed by atoms with E-state index in [9.17, 15) is 8.42 Å². The van der Waals surface area contributed by atoms with Crippen LogP contribution in [0.15, 0.2) is 18.2 Å². The van der Waals surface area contributed by atoms with Crippen molar-refractivity contribution >= 4 is 21.4 Å². The molecule has 1 aromatic rings. The van der Waals surface area contributed by atoms with E-state index in [4.69, 9.17) is 16.3 Å². The molecule has 0 spiro atoms. The van der Waals surface area contributed by atoms with Crippen molar-refractivity contribution in [3.63, 3.8) is 0 Å². The van der Waals surface area contributed by atoms with Crippen LogP contribution in [0.3, 0.4) is 0 Å². The first-order valence-electron chi connectivity index (χ1n) is 6.91. The highest BCUT2D eigenvalue weighted by atomic mass is 35.5. The van der Waals surface area contributed by atoms with Crippen LogP contribution in [-0.4, -0.2) is 32.1 Å². The van der Waals surface area contributed by atoms with Crippen LogP contribution in [0.5, 0.6) is 5.75 Å². The summed E-state index contributed by atoms with van der Waals surface area (Å²) in [6, 6.07) is 6.12. The van der Waals surface area contributed by atoms with Gasteiger partial charge in [0.25, 0.3) is 0 Å². The van der Waals surface area contributed by atoms with Crippen molar-refractivity contribution in [3.05, 3.63) is 28.8 Å². The first kappa shape index (κ1) is 14.2. The maximum Gasteiger partial charge on any atom is 0.154 e. The fourth-order valence-electron chi connectivity index (χ4n) is 2.39. The Morgan fingerprint density at radius 3 is 2.75 bits per heavy atom. The number of ether oxygens (including phenoxy) is 1. The Bertz CT molecular complexity index is 598.